The molecular formula is C22H33N5O. The van der Waals surface area contributed by atoms with Crippen LogP contribution in [-0.2, 0) is 11.3 Å². The molecule has 0 atom stereocenters. The largest absolute Gasteiger partial charge is 0.381 e. The van der Waals surface area contributed by atoms with Crippen molar-refractivity contribution in [3.05, 3.63) is 47.8 Å². The first kappa shape index (κ1) is 20.4. The van der Waals surface area contributed by atoms with Crippen LogP contribution in [0.15, 0.2) is 41.5 Å². The quantitative estimate of drug-likeness (QED) is 0.588. The van der Waals surface area contributed by atoms with Gasteiger partial charge in [0.2, 0.25) is 0 Å². The first-order valence-corrected chi connectivity index (χ1v) is 10.3. The molecule has 1 aliphatic rings. The van der Waals surface area contributed by atoms with E-state index in [1.807, 2.05) is 29.9 Å². The Labute approximate surface area is 168 Å². The monoisotopic (exact) mass is 383 g/mol. The van der Waals surface area contributed by atoms with Crippen LogP contribution in [0.3, 0.4) is 0 Å². The number of para-hydroxylation sites is 1. The van der Waals surface area contributed by atoms with Crippen molar-refractivity contribution in [1.82, 2.24) is 20.0 Å². The second-order valence-corrected chi connectivity index (χ2v) is 7.47. The molecule has 6 heteroatoms. The van der Waals surface area contributed by atoms with Crippen LogP contribution in [0.5, 0.6) is 0 Å². The highest BCUT2D eigenvalue weighted by molar-refractivity contribution is 5.79. The van der Waals surface area contributed by atoms with E-state index in [-0.39, 0.29) is 0 Å². The number of hydrogen-bond donors (Lipinski definition) is 1. The first-order valence-electron chi connectivity index (χ1n) is 10.3. The SMILES string of the molecule is CCNC(=NCc1ccccc1-n1ccc(C)n1)N(C)CCC1CCOCC1. The first-order chi connectivity index (χ1) is 13.7. The summed E-state index contributed by atoms with van der Waals surface area (Å²) in [7, 11) is 2.13. The van der Waals surface area contributed by atoms with Crippen LogP contribution >= 0.6 is 0 Å². The maximum absolute atomic E-state index is 5.47. The third-order valence-corrected chi connectivity index (χ3v) is 5.27. The standard InChI is InChI=1S/C22H33N5O/c1-4-23-22(26(3)13-10-19-11-15-28-16-12-19)24-17-20-7-5-6-8-21(20)27-14-9-18(2)25-27/h5-9,14,19H,4,10-13,15-17H2,1-3H3,(H,23,24). The third kappa shape index (κ3) is 5.58. The highest BCUT2D eigenvalue weighted by atomic mass is 16.5. The molecule has 1 aliphatic heterocycles. The van der Waals surface area contributed by atoms with Crippen LogP contribution in [0.4, 0.5) is 0 Å². The average molecular weight is 384 g/mol. The number of nitrogens with one attached hydrogen (secondary N) is 1. The van der Waals surface area contributed by atoms with E-state index in [9.17, 15) is 0 Å². The molecule has 0 spiro atoms. The zero-order valence-corrected chi connectivity index (χ0v) is 17.4. The molecule has 1 aromatic carbocycles. The summed E-state index contributed by atoms with van der Waals surface area (Å²) >= 11 is 0. The number of aliphatic imine (C=N–C) groups is 1. The Hall–Kier alpha value is -2.34. The highest BCUT2D eigenvalue weighted by Crippen LogP contribution is 2.19. The Morgan fingerprint density at radius 3 is 2.79 bits per heavy atom. The molecule has 152 valence electrons. The molecule has 0 bridgehead atoms. The summed E-state index contributed by atoms with van der Waals surface area (Å²) in [6.07, 6.45) is 5.55. The minimum Gasteiger partial charge on any atom is -0.381 e. The van der Waals surface area contributed by atoms with Gasteiger partial charge in [-0.3, -0.25) is 0 Å². The maximum Gasteiger partial charge on any atom is 0.193 e. The molecule has 0 amide bonds. The van der Waals surface area contributed by atoms with Crippen LogP contribution in [0.25, 0.3) is 5.69 Å². The molecule has 2 heterocycles. The van der Waals surface area contributed by atoms with Crippen LogP contribution in [-0.4, -0.2) is 54.0 Å². The van der Waals surface area contributed by atoms with Gasteiger partial charge in [0.05, 0.1) is 17.9 Å². The second kappa shape index (κ2) is 10.3. The van der Waals surface area contributed by atoms with E-state index in [1.54, 1.807) is 0 Å². The molecule has 1 N–H and O–H groups in total. The summed E-state index contributed by atoms with van der Waals surface area (Å²) in [5, 5.41) is 7.99. The van der Waals surface area contributed by atoms with Crippen LogP contribution in [0.1, 0.15) is 37.4 Å². The number of ether oxygens (including phenoxy) is 1. The van der Waals surface area contributed by atoms with Crippen molar-refractivity contribution in [3.8, 4) is 5.69 Å². The summed E-state index contributed by atoms with van der Waals surface area (Å²) < 4.78 is 7.40. The predicted octanol–water partition coefficient (Wildman–Crippen LogP) is 3.39. The van der Waals surface area contributed by atoms with Gasteiger partial charge in [-0.25, -0.2) is 9.67 Å². The fourth-order valence-corrected chi connectivity index (χ4v) is 3.56. The molecule has 1 aromatic heterocycles. The van der Waals surface area contributed by atoms with Crippen LogP contribution in [0, 0.1) is 12.8 Å². The Morgan fingerprint density at radius 2 is 2.07 bits per heavy atom. The third-order valence-electron chi connectivity index (χ3n) is 5.27. The van der Waals surface area contributed by atoms with Gasteiger partial charge in [-0.2, -0.15) is 5.10 Å². The number of nitrogens with zero attached hydrogens (tertiary/aromatic N) is 4. The zero-order chi connectivity index (χ0) is 19.8. The number of rotatable bonds is 7. The maximum atomic E-state index is 5.47. The van der Waals surface area contributed by atoms with Gasteiger partial charge in [0, 0.05) is 39.5 Å². The van der Waals surface area contributed by atoms with E-state index in [0.29, 0.717) is 6.54 Å². The summed E-state index contributed by atoms with van der Waals surface area (Å²) in [4.78, 5) is 7.16. The van der Waals surface area contributed by atoms with Crippen LogP contribution < -0.4 is 5.32 Å². The lowest BCUT2D eigenvalue weighted by atomic mass is 9.96. The molecule has 0 aliphatic carbocycles. The lowest BCUT2D eigenvalue weighted by Crippen LogP contribution is -2.40. The zero-order valence-electron chi connectivity index (χ0n) is 17.4. The minimum atomic E-state index is 0.624. The van der Waals surface area contributed by atoms with Crippen molar-refractivity contribution in [2.75, 3.05) is 33.4 Å². The van der Waals surface area contributed by atoms with E-state index in [2.05, 4.69) is 47.5 Å². The van der Waals surface area contributed by atoms with Crippen molar-refractivity contribution in [1.29, 1.82) is 0 Å². The fourth-order valence-electron chi connectivity index (χ4n) is 3.56. The Kier molecular flexibility index (Phi) is 7.48. The van der Waals surface area contributed by atoms with Gasteiger partial charge < -0.3 is 15.0 Å². The molecule has 3 rings (SSSR count). The van der Waals surface area contributed by atoms with Crippen molar-refractivity contribution in [3.63, 3.8) is 0 Å². The highest BCUT2D eigenvalue weighted by Gasteiger charge is 2.15. The number of aryl methyl sites for hydroxylation is 1. The average Bonchev–Trinajstić information content (AvgIpc) is 3.16. The van der Waals surface area contributed by atoms with Gasteiger partial charge in [-0.05, 0) is 56.7 Å². The molecule has 0 radical (unpaired) electrons. The molecule has 1 saturated heterocycles. The minimum absolute atomic E-state index is 0.624. The van der Waals surface area contributed by atoms with E-state index in [4.69, 9.17) is 9.73 Å². The second-order valence-electron chi connectivity index (χ2n) is 7.47. The van der Waals surface area contributed by atoms with Gasteiger partial charge in [0.15, 0.2) is 5.96 Å². The van der Waals surface area contributed by atoms with Crippen molar-refractivity contribution < 1.29 is 4.74 Å². The lowest BCUT2D eigenvalue weighted by molar-refractivity contribution is 0.0625. The van der Waals surface area contributed by atoms with Gasteiger partial charge >= 0.3 is 0 Å². The van der Waals surface area contributed by atoms with E-state index in [0.717, 1.165) is 49.6 Å². The summed E-state index contributed by atoms with van der Waals surface area (Å²) in [6.45, 7) is 8.44. The summed E-state index contributed by atoms with van der Waals surface area (Å²) in [6, 6.07) is 10.4. The Morgan fingerprint density at radius 1 is 1.29 bits per heavy atom. The fraction of sp³-hybridized carbons (Fsp3) is 0.545. The van der Waals surface area contributed by atoms with Crippen molar-refractivity contribution in [2.24, 2.45) is 10.9 Å². The van der Waals surface area contributed by atoms with E-state index < -0.39 is 0 Å². The van der Waals surface area contributed by atoms with Crippen molar-refractivity contribution in [2.45, 2.75) is 39.7 Å². The lowest BCUT2D eigenvalue weighted by Gasteiger charge is -2.27. The van der Waals surface area contributed by atoms with E-state index in [1.165, 1.54) is 24.8 Å². The Bertz CT molecular complexity index is 764. The smallest absolute Gasteiger partial charge is 0.193 e. The van der Waals surface area contributed by atoms with Gasteiger partial charge in [-0.1, -0.05) is 18.2 Å². The molecule has 28 heavy (non-hydrogen) atoms. The molecule has 1 fully saturated rings. The normalized spacial score (nSPS) is 15.6. The van der Waals surface area contributed by atoms with Crippen molar-refractivity contribution >= 4 is 5.96 Å². The Balaban J connectivity index is 1.67. The number of guanidine groups is 1. The van der Waals surface area contributed by atoms with Gasteiger partial charge in [0.1, 0.15) is 0 Å². The van der Waals surface area contributed by atoms with E-state index >= 15 is 0 Å². The van der Waals surface area contributed by atoms with Gasteiger partial charge in [0.25, 0.3) is 0 Å². The van der Waals surface area contributed by atoms with Gasteiger partial charge in [-0.15, -0.1) is 0 Å². The number of benzene rings is 1. The topological polar surface area (TPSA) is 54.7 Å². The molecule has 0 saturated carbocycles. The molecule has 6 nitrogen and oxygen atoms in total. The predicted molar refractivity (Wildman–Crippen MR) is 114 cm³/mol. The summed E-state index contributed by atoms with van der Waals surface area (Å²) in [5.41, 5.74) is 3.26. The molecule has 2 aromatic rings. The number of aromatic nitrogens is 2. The van der Waals surface area contributed by atoms with Crippen LogP contribution in [0.2, 0.25) is 0 Å². The number of hydrogen-bond acceptors (Lipinski definition) is 3. The summed E-state index contributed by atoms with van der Waals surface area (Å²) in [5.74, 6) is 1.73. The molecule has 0 unspecified atom stereocenters. The molecular weight excluding hydrogens is 350 g/mol.